The van der Waals surface area contributed by atoms with E-state index in [4.69, 9.17) is 11.6 Å². The van der Waals surface area contributed by atoms with Crippen LogP contribution in [0.4, 0.5) is 10.3 Å². The molecule has 4 rings (SSSR count). The number of anilines is 1. The number of carbonyl (C=O) groups is 1. The van der Waals surface area contributed by atoms with Gasteiger partial charge in [0.15, 0.2) is 0 Å². The maximum Gasteiger partial charge on any atom is 0.261 e. The van der Waals surface area contributed by atoms with Crippen LogP contribution in [-0.2, 0) is 6.54 Å². The fraction of sp³-hybridized carbons (Fsp3) is 0.143. The summed E-state index contributed by atoms with van der Waals surface area (Å²) in [5.74, 6) is -0.685. The largest absolute Gasteiger partial charge is 0.289 e. The fourth-order valence-electron chi connectivity index (χ4n) is 3.23. The molecule has 0 atom stereocenters. The van der Waals surface area contributed by atoms with Crippen LogP contribution in [0, 0.1) is 19.7 Å². The summed E-state index contributed by atoms with van der Waals surface area (Å²) in [6, 6.07) is 14.0. The molecule has 0 bridgehead atoms. The van der Waals surface area contributed by atoms with Crippen molar-refractivity contribution in [2.24, 2.45) is 0 Å². The molecule has 0 unspecified atom stereocenters. The molecule has 1 N–H and O–H groups in total. The van der Waals surface area contributed by atoms with Crippen molar-refractivity contribution in [1.82, 2.24) is 24.5 Å². The topological polar surface area (TPSA) is 77.6 Å². The van der Waals surface area contributed by atoms with Gasteiger partial charge in [0.1, 0.15) is 12.1 Å². The molecule has 0 aliphatic rings. The van der Waals surface area contributed by atoms with Gasteiger partial charge >= 0.3 is 0 Å². The average Bonchev–Trinajstić information content (AvgIpc) is 3.28. The van der Waals surface area contributed by atoms with Crippen LogP contribution in [0.1, 0.15) is 27.3 Å². The minimum Gasteiger partial charge on any atom is -0.289 e. The molecule has 0 saturated heterocycles. The van der Waals surface area contributed by atoms with Crippen molar-refractivity contribution in [3.63, 3.8) is 0 Å². The van der Waals surface area contributed by atoms with Gasteiger partial charge < -0.3 is 0 Å². The van der Waals surface area contributed by atoms with Crippen LogP contribution in [0.25, 0.3) is 5.69 Å². The Morgan fingerprint density at radius 1 is 1.10 bits per heavy atom. The van der Waals surface area contributed by atoms with E-state index in [1.54, 1.807) is 17.7 Å². The number of hydrogen-bond donors (Lipinski definition) is 1. The smallest absolute Gasteiger partial charge is 0.261 e. The van der Waals surface area contributed by atoms with Gasteiger partial charge in [-0.3, -0.25) is 10.1 Å². The molecular weight excluding hydrogens is 407 g/mol. The lowest BCUT2D eigenvalue weighted by atomic mass is 10.2. The SMILES string of the molecule is Cc1nn(-c2ccccc2)c(C)c1C(=O)Nc1ncn(Cc2c(F)cccc2Cl)n1. The summed E-state index contributed by atoms with van der Waals surface area (Å²) in [6.45, 7) is 3.69. The summed E-state index contributed by atoms with van der Waals surface area (Å²) in [5.41, 5.74) is 2.91. The molecule has 152 valence electrons. The van der Waals surface area contributed by atoms with Gasteiger partial charge in [-0.05, 0) is 38.1 Å². The highest BCUT2D eigenvalue weighted by atomic mass is 35.5. The number of para-hydroxylation sites is 1. The summed E-state index contributed by atoms with van der Waals surface area (Å²) >= 11 is 6.06. The molecule has 2 heterocycles. The predicted octanol–water partition coefficient (Wildman–Crippen LogP) is 4.17. The zero-order chi connectivity index (χ0) is 21.3. The maximum absolute atomic E-state index is 14.0. The summed E-state index contributed by atoms with van der Waals surface area (Å²) in [6.07, 6.45) is 1.41. The standard InChI is InChI=1S/C21H18ClFN6O/c1-13-19(14(2)29(26-13)15-7-4-3-5-8-15)20(30)25-21-24-12-28(27-21)11-16-17(22)9-6-10-18(16)23/h3-10,12H,11H2,1-2H3,(H,25,27,30). The number of halogens is 2. The van der Waals surface area contributed by atoms with Gasteiger partial charge in [-0.2, -0.15) is 5.10 Å². The normalized spacial score (nSPS) is 10.9. The van der Waals surface area contributed by atoms with E-state index in [-0.39, 0.29) is 18.4 Å². The van der Waals surface area contributed by atoms with E-state index in [1.807, 2.05) is 37.3 Å². The lowest BCUT2D eigenvalue weighted by molar-refractivity contribution is 0.102. The van der Waals surface area contributed by atoms with E-state index in [0.29, 0.717) is 27.5 Å². The number of amides is 1. The highest BCUT2D eigenvalue weighted by Gasteiger charge is 2.20. The molecule has 4 aromatic rings. The van der Waals surface area contributed by atoms with E-state index in [1.165, 1.54) is 23.1 Å². The van der Waals surface area contributed by atoms with Crippen LogP contribution in [0.5, 0.6) is 0 Å². The average molecular weight is 425 g/mol. The second-order valence-corrected chi connectivity index (χ2v) is 7.12. The quantitative estimate of drug-likeness (QED) is 0.521. The molecule has 0 aliphatic carbocycles. The Bertz CT molecular complexity index is 1200. The van der Waals surface area contributed by atoms with Gasteiger partial charge in [-0.1, -0.05) is 35.9 Å². The van der Waals surface area contributed by atoms with Gasteiger partial charge in [0, 0.05) is 10.6 Å². The highest BCUT2D eigenvalue weighted by molar-refractivity contribution is 6.31. The van der Waals surface area contributed by atoms with Gasteiger partial charge in [0.25, 0.3) is 5.91 Å². The molecule has 0 spiro atoms. The third-order valence-corrected chi connectivity index (χ3v) is 5.02. The second-order valence-electron chi connectivity index (χ2n) is 6.71. The summed E-state index contributed by atoms with van der Waals surface area (Å²) in [7, 11) is 0. The first kappa shape index (κ1) is 19.8. The van der Waals surface area contributed by atoms with Crippen LogP contribution in [-0.4, -0.2) is 30.5 Å². The number of benzene rings is 2. The van der Waals surface area contributed by atoms with E-state index in [0.717, 1.165) is 5.69 Å². The van der Waals surface area contributed by atoms with Gasteiger partial charge in [-0.15, -0.1) is 5.10 Å². The van der Waals surface area contributed by atoms with Crippen molar-refractivity contribution >= 4 is 23.5 Å². The minimum absolute atomic E-state index is 0.0956. The molecular formula is C21H18ClFN6O. The third-order valence-electron chi connectivity index (χ3n) is 4.66. The van der Waals surface area contributed by atoms with Crippen molar-refractivity contribution in [2.45, 2.75) is 20.4 Å². The Kier molecular flexibility index (Phi) is 5.33. The summed E-state index contributed by atoms with van der Waals surface area (Å²) < 4.78 is 17.1. The number of rotatable bonds is 5. The Hall–Kier alpha value is -3.52. The van der Waals surface area contributed by atoms with E-state index in [9.17, 15) is 9.18 Å². The Balaban J connectivity index is 1.54. The predicted molar refractivity (Wildman–Crippen MR) is 112 cm³/mol. The first-order valence-corrected chi connectivity index (χ1v) is 9.57. The van der Waals surface area contributed by atoms with Crippen LogP contribution in [0.15, 0.2) is 54.9 Å². The number of nitrogens with one attached hydrogen (secondary N) is 1. The maximum atomic E-state index is 14.0. The van der Waals surface area contributed by atoms with E-state index in [2.05, 4.69) is 20.5 Å². The van der Waals surface area contributed by atoms with Crippen LogP contribution in [0.3, 0.4) is 0 Å². The first-order valence-electron chi connectivity index (χ1n) is 9.19. The molecule has 0 aliphatic heterocycles. The molecule has 1 amide bonds. The number of aryl methyl sites for hydroxylation is 1. The van der Waals surface area contributed by atoms with Crippen LogP contribution in [0.2, 0.25) is 5.02 Å². The van der Waals surface area contributed by atoms with Crippen molar-refractivity contribution in [3.05, 3.63) is 88.2 Å². The molecule has 0 saturated carbocycles. The molecule has 7 nitrogen and oxygen atoms in total. The van der Waals surface area contributed by atoms with E-state index < -0.39 is 5.82 Å². The number of carbonyl (C=O) groups excluding carboxylic acids is 1. The Morgan fingerprint density at radius 3 is 2.60 bits per heavy atom. The van der Waals surface area contributed by atoms with E-state index >= 15 is 0 Å². The lowest BCUT2D eigenvalue weighted by Crippen LogP contribution is -2.15. The monoisotopic (exact) mass is 424 g/mol. The fourth-order valence-corrected chi connectivity index (χ4v) is 3.45. The number of hydrogen-bond acceptors (Lipinski definition) is 4. The summed E-state index contributed by atoms with van der Waals surface area (Å²) in [5, 5.41) is 11.7. The molecule has 2 aromatic carbocycles. The van der Waals surface area contributed by atoms with Crippen molar-refractivity contribution in [1.29, 1.82) is 0 Å². The Morgan fingerprint density at radius 2 is 1.87 bits per heavy atom. The number of aromatic nitrogens is 5. The molecule has 9 heteroatoms. The highest BCUT2D eigenvalue weighted by Crippen LogP contribution is 2.21. The lowest BCUT2D eigenvalue weighted by Gasteiger charge is -2.06. The number of nitrogens with zero attached hydrogens (tertiary/aromatic N) is 5. The van der Waals surface area contributed by atoms with Crippen molar-refractivity contribution < 1.29 is 9.18 Å². The Labute approximate surface area is 177 Å². The van der Waals surface area contributed by atoms with Gasteiger partial charge in [0.2, 0.25) is 5.95 Å². The van der Waals surface area contributed by atoms with Gasteiger partial charge in [0.05, 0.1) is 29.2 Å². The van der Waals surface area contributed by atoms with Crippen molar-refractivity contribution in [2.75, 3.05) is 5.32 Å². The van der Waals surface area contributed by atoms with Gasteiger partial charge in [-0.25, -0.2) is 18.7 Å². The first-order chi connectivity index (χ1) is 14.4. The third kappa shape index (κ3) is 3.81. The van der Waals surface area contributed by atoms with Crippen molar-refractivity contribution in [3.8, 4) is 5.69 Å². The molecule has 0 radical (unpaired) electrons. The summed E-state index contributed by atoms with van der Waals surface area (Å²) in [4.78, 5) is 16.9. The molecule has 30 heavy (non-hydrogen) atoms. The molecule has 2 aromatic heterocycles. The second kappa shape index (κ2) is 8.08. The minimum atomic E-state index is -0.428. The molecule has 0 fully saturated rings. The zero-order valence-electron chi connectivity index (χ0n) is 16.3. The van der Waals surface area contributed by atoms with Crippen LogP contribution >= 0.6 is 11.6 Å². The van der Waals surface area contributed by atoms with Crippen LogP contribution < -0.4 is 5.32 Å². The zero-order valence-corrected chi connectivity index (χ0v) is 17.1.